The number of carbonyl (C=O) groups excluding carboxylic acids is 1. The summed E-state index contributed by atoms with van der Waals surface area (Å²) in [5.41, 5.74) is 0.475. The average Bonchev–Trinajstić information content (AvgIpc) is 3.01. The molecule has 5 heteroatoms. The highest BCUT2D eigenvalue weighted by Crippen LogP contribution is 2.18. The quantitative estimate of drug-likeness (QED) is 0.847. The first kappa shape index (κ1) is 14.1. The minimum absolute atomic E-state index is 0.228. The van der Waals surface area contributed by atoms with Crippen LogP contribution in [0.5, 0.6) is 5.75 Å². The van der Waals surface area contributed by atoms with Crippen LogP contribution in [0.1, 0.15) is 28.6 Å². The van der Waals surface area contributed by atoms with Gasteiger partial charge in [-0.3, -0.25) is 4.79 Å². The Morgan fingerprint density at radius 3 is 2.85 bits per heavy atom. The van der Waals surface area contributed by atoms with Crippen LogP contribution in [0.2, 0.25) is 0 Å². The van der Waals surface area contributed by atoms with Gasteiger partial charge in [-0.2, -0.15) is 0 Å². The van der Waals surface area contributed by atoms with E-state index in [1.165, 1.54) is 13.4 Å². The molecule has 5 nitrogen and oxygen atoms in total. The van der Waals surface area contributed by atoms with Crippen LogP contribution in [0.15, 0.2) is 47.1 Å². The number of hydrogen-bond acceptors (Lipinski definition) is 4. The van der Waals surface area contributed by atoms with E-state index in [0.717, 1.165) is 0 Å². The molecule has 2 rings (SSSR count). The lowest BCUT2D eigenvalue weighted by Crippen LogP contribution is -2.26. The fraction of sp³-hybridized carbons (Fsp3) is 0.267. The van der Waals surface area contributed by atoms with Crippen LogP contribution in [0.3, 0.4) is 0 Å². The third-order valence-corrected chi connectivity index (χ3v) is 2.93. The third-order valence-electron chi connectivity index (χ3n) is 2.93. The van der Waals surface area contributed by atoms with Gasteiger partial charge in [0, 0.05) is 6.54 Å². The molecule has 2 aromatic rings. The van der Waals surface area contributed by atoms with Gasteiger partial charge in [0.1, 0.15) is 17.6 Å². The lowest BCUT2D eigenvalue weighted by atomic mass is 10.1. The summed E-state index contributed by atoms with van der Waals surface area (Å²) in [5.74, 6) is 0.794. The number of hydrogen-bond donors (Lipinski definition) is 2. The lowest BCUT2D eigenvalue weighted by Gasteiger charge is -2.11. The van der Waals surface area contributed by atoms with E-state index in [2.05, 4.69) is 5.32 Å². The molecule has 0 aliphatic rings. The fourth-order valence-corrected chi connectivity index (χ4v) is 1.87. The largest absolute Gasteiger partial charge is 0.496 e. The number of benzene rings is 1. The number of methoxy groups -OCH3 is 1. The molecular formula is C15H17NO4. The standard InChI is InChI=1S/C15H17NO4/c1-19-13-6-3-2-5-11(13)15(18)16-9-8-12(17)14-7-4-10-20-14/h2-7,10,12,17H,8-9H2,1H3,(H,16,18). The second-order valence-corrected chi connectivity index (χ2v) is 4.28. The normalized spacial score (nSPS) is 11.9. The molecule has 1 aromatic heterocycles. The van der Waals surface area contributed by atoms with Crippen LogP contribution < -0.4 is 10.1 Å². The number of amides is 1. The molecule has 1 unspecified atom stereocenters. The highest BCUT2D eigenvalue weighted by atomic mass is 16.5. The molecule has 2 N–H and O–H groups in total. The van der Waals surface area contributed by atoms with Crippen LogP contribution in [0.4, 0.5) is 0 Å². The van der Waals surface area contributed by atoms with E-state index >= 15 is 0 Å². The van der Waals surface area contributed by atoms with Crippen LogP contribution in [0.25, 0.3) is 0 Å². The maximum atomic E-state index is 12.0. The Kier molecular flexibility index (Phi) is 4.79. The van der Waals surface area contributed by atoms with Crippen LogP contribution in [-0.4, -0.2) is 24.7 Å². The number of furan rings is 1. The Labute approximate surface area is 117 Å². The zero-order valence-electron chi connectivity index (χ0n) is 11.2. The Bertz CT molecular complexity index is 551. The summed E-state index contributed by atoms with van der Waals surface area (Å²) in [4.78, 5) is 12.0. The first-order chi connectivity index (χ1) is 9.72. The Hall–Kier alpha value is -2.27. The molecule has 1 aromatic carbocycles. The topological polar surface area (TPSA) is 71.7 Å². The number of nitrogens with one attached hydrogen (secondary N) is 1. The monoisotopic (exact) mass is 275 g/mol. The number of aliphatic hydroxyl groups excluding tert-OH is 1. The molecule has 20 heavy (non-hydrogen) atoms. The molecule has 0 radical (unpaired) electrons. The van der Waals surface area contributed by atoms with Gasteiger partial charge in [0.15, 0.2) is 0 Å². The van der Waals surface area contributed by atoms with E-state index in [1.807, 2.05) is 0 Å². The van der Waals surface area contributed by atoms with Crippen molar-refractivity contribution in [1.82, 2.24) is 5.32 Å². The fourth-order valence-electron chi connectivity index (χ4n) is 1.87. The molecule has 106 valence electrons. The van der Waals surface area contributed by atoms with Gasteiger partial charge in [-0.15, -0.1) is 0 Å². The Morgan fingerprint density at radius 1 is 1.35 bits per heavy atom. The van der Waals surface area contributed by atoms with Gasteiger partial charge in [-0.25, -0.2) is 0 Å². The van der Waals surface area contributed by atoms with Gasteiger partial charge in [0.25, 0.3) is 5.91 Å². The van der Waals surface area contributed by atoms with Crippen molar-refractivity contribution in [3.8, 4) is 5.75 Å². The molecule has 0 aliphatic carbocycles. The van der Waals surface area contributed by atoms with Crippen molar-refractivity contribution in [1.29, 1.82) is 0 Å². The van der Waals surface area contributed by atoms with E-state index in [4.69, 9.17) is 9.15 Å². The highest BCUT2D eigenvalue weighted by Gasteiger charge is 2.13. The van der Waals surface area contributed by atoms with Gasteiger partial charge in [0.05, 0.1) is 18.9 Å². The van der Waals surface area contributed by atoms with Gasteiger partial charge >= 0.3 is 0 Å². The van der Waals surface area contributed by atoms with Crippen molar-refractivity contribution in [3.05, 3.63) is 54.0 Å². The molecule has 1 heterocycles. The second-order valence-electron chi connectivity index (χ2n) is 4.28. The van der Waals surface area contributed by atoms with Crippen molar-refractivity contribution in [2.24, 2.45) is 0 Å². The van der Waals surface area contributed by atoms with Crippen LogP contribution in [0, 0.1) is 0 Å². The second kappa shape index (κ2) is 6.77. The Morgan fingerprint density at radius 2 is 2.15 bits per heavy atom. The van der Waals surface area contributed by atoms with Crippen molar-refractivity contribution < 1.29 is 19.1 Å². The highest BCUT2D eigenvalue weighted by molar-refractivity contribution is 5.96. The van der Waals surface area contributed by atoms with E-state index in [0.29, 0.717) is 30.0 Å². The van der Waals surface area contributed by atoms with Crippen molar-refractivity contribution in [2.45, 2.75) is 12.5 Å². The maximum absolute atomic E-state index is 12.0. The van der Waals surface area contributed by atoms with E-state index in [-0.39, 0.29) is 5.91 Å². The number of para-hydroxylation sites is 1. The van der Waals surface area contributed by atoms with E-state index < -0.39 is 6.10 Å². The smallest absolute Gasteiger partial charge is 0.255 e. The van der Waals surface area contributed by atoms with Crippen LogP contribution in [-0.2, 0) is 0 Å². The molecular weight excluding hydrogens is 258 g/mol. The lowest BCUT2D eigenvalue weighted by molar-refractivity contribution is 0.0933. The number of aliphatic hydroxyl groups is 1. The maximum Gasteiger partial charge on any atom is 0.255 e. The SMILES string of the molecule is COc1ccccc1C(=O)NCCC(O)c1ccco1. The third kappa shape index (κ3) is 3.39. The molecule has 0 saturated heterocycles. The molecule has 0 fully saturated rings. The number of rotatable bonds is 6. The predicted octanol–water partition coefficient (Wildman–Crippen LogP) is 2.14. The minimum Gasteiger partial charge on any atom is -0.496 e. The van der Waals surface area contributed by atoms with E-state index in [9.17, 15) is 9.90 Å². The molecule has 0 bridgehead atoms. The van der Waals surface area contributed by atoms with Crippen LogP contribution >= 0.6 is 0 Å². The van der Waals surface area contributed by atoms with Crippen molar-refractivity contribution >= 4 is 5.91 Å². The van der Waals surface area contributed by atoms with Gasteiger partial charge < -0.3 is 19.6 Å². The van der Waals surface area contributed by atoms with Gasteiger partial charge in [-0.1, -0.05) is 12.1 Å². The summed E-state index contributed by atoms with van der Waals surface area (Å²) in [6.07, 6.45) is 1.17. The summed E-state index contributed by atoms with van der Waals surface area (Å²) in [7, 11) is 1.52. The zero-order chi connectivity index (χ0) is 14.4. The first-order valence-electron chi connectivity index (χ1n) is 6.35. The number of carbonyl (C=O) groups is 1. The summed E-state index contributed by atoms with van der Waals surface area (Å²) < 4.78 is 10.2. The summed E-state index contributed by atoms with van der Waals surface area (Å²) >= 11 is 0. The summed E-state index contributed by atoms with van der Waals surface area (Å²) in [5, 5.41) is 12.6. The molecule has 0 aliphatic heterocycles. The number of ether oxygens (including phenoxy) is 1. The van der Waals surface area contributed by atoms with Crippen molar-refractivity contribution in [2.75, 3.05) is 13.7 Å². The first-order valence-corrected chi connectivity index (χ1v) is 6.35. The molecule has 0 saturated carbocycles. The van der Waals surface area contributed by atoms with Gasteiger partial charge in [0.2, 0.25) is 0 Å². The Balaban J connectivity index is 1.86. The van der Waals surface area contributed by atoms with E-state index in [1.54, 1.807) is 36.4 Å². The summed E-state index contributed by atoms with van der Waals surface area (Å²) in [6.45, 7) is 0.346. The van der Waals surface area contributed by atoms with Gasteiger partial charge in [-0.05, 0) is 30.7 Å². The molecule has 0 spiro atoms. The minimum atomic E-state index is -0.719. The molecule has 1 atom stereocenters. The van der Waals surface area contributed by atoms with Crippen molar-refractivity contribution in [3.63, 3.8) is 0 Å². The zero-order valence-corrected chi connectivity index (χ0v) is 11.2. The average molecular weight is 275 g/mol. The summed E-state index contributed by atoms with van der Waals surface area (Å²) in [6, 6.07) is 10.4. The molecule has 1 amide bonds. The predicted molar refractivity (Wildman–Crippen MR) is 73.6 cm³/mol.